The van der Waals surface area contributed by atoms with Gasteiger partial charge in [0.05, 0.1) is 0 Å². The van der Waals surface area contributed by atoms with Crippen LogP contribution in [0.2, 0.25) is 0 Å². The predicted molar refractivity (Wildman–Crippen MR) is 65.7 cm³/mol. The Morgan fingerprint density at radius 3 is 2.12 bits per heavy atom. The van der Waals surface area contributed by atoms with Crippen LogP contribution in [0, 0.1) is 0 Å². The van der Waals surface area contributed by atoms with Crippen LogP contribution in [0.25, 0.3) is 0 Å². The van der Waals surface area contributed by atoms with Gasteiger partial charge < -0.3 is 16.2 Å². The molecule has 4 N–H and O–H groups in total. The SMILES string of the molecule is CCCCCCC(N)(N)C(=O)OC(C)(C)C. The van der Waals surface area contributed by atoms with Crippen molar-refractivity contribution in [2.24, 2.45) is 11.5 Å². The summed E-state index contributed by atoms with van der Waals surface area (Å²) in [7, 11) is 0. The van der Waals surface area contributed by atoms with Crippen LogP contribution >= 0.6 is 0 Å². The third-order valence-corrected chi connectivity index (χ3v) is 2.22. The lowest BCUT2D eigenvalue weighted by molar-refractivity contribution is -0.161. The highest BCUT2D eigenvalue weighted by atomic mass is 16.6. The first-order valence-corrected chi connectivity index (χ1v) is 6.00. The second kappa shape index (κ2) is 6.21. The summed E-state index contributed by atoms with van der Waals surface area (Å²) in [5.74, 6) is -0.517. The maximum absolute atomic E-state index is 11.7. The Bertz CT molecular complexity index is 220. The number of esters is 1. The monoisotopic (exact) mass is 230 g/mol. The quantitative estimate of drug-likeness (QED) is 0.415. The van der Waals surface area contributed by atoms with Crippen LogP contribution in [-0.2, 0) is 9.53 Å². The van der Waals surface area contributed by atoms with Gasteiger partial charge in [0.1, 0.15) is 5.60 Å². The van der Waals surface area contributed by atoms with Crippen molar-refractivity contribution >= 4 is 5.97 Å². The van der Waals surface area contributed by atoms with Crippen molar-refractivity contribution in [2.75, 3.05) is 0 Å². The third-order valence-electron chi connectivity index (χ3n) is 2.22. The molecule has 0 saturated heterocycles. The molecule has 16 heavy (non-hydrogen) atoms. The molecular formula is C12H26N2O2. The van der Waals surface area contributed by atoms with Gasteiger partial charge in [0.25, 0.3) is 0 Å². The summed E-state index contributed by atoms with van der Waals surface area (Å²) in [6, 6.07) is 0. The van der Waals surface area contributed by atoms with Crippen molar-refractivity contribution in [1.82, 2.24) is 0 Å². The van der Waals surface area contributed by atoms with Crippen molar-refractivity contribution in [1.29, 1.82) is 0 Å². The fraction of sp³-hybridized carbons (Fsp3) is 0.917. The van der Waals surface area contributed by atoms with E-state index in [2.05, 4.69) is 6.92 Å². The second-order valence-electron chi connectivity index (χ2n) is 5.35. The number of ether oxygens (including phenoxy) is 1. The second-order valence-corrected chi connectivity index (χ2v) is 5.35. The number of unbranched alkanes of at least 4 members (excludes halogenated alkanes) is 3. The van der Waals surface area contributed by atoms with Gasteiger partial charge in [0.15, 0.2) is 5.66 Å². The molecule has 0 aliphatic heterocycles. The van der Waals surface area contributed by atoms with E-state index < -0.39 is 17.2 Å². The van der Waals surface area contributed by atoms with E-state index in [0.29, 0.717) is 6.42 Å². The highest BCUT2D eigenvalue weighted by Gasteiger charge is 2.33. The van der Waals surface area contributed by atoms with Gasteiger partial charge in [0.2, 0.25) is 0 Å². The Morgan fingerprint density at radius 2 is 1.69 bits per heavy atom. The summed E-state index contributed by atoms with van der Waals surface area (Å²) >= 11 is 0. The number of carbonyl (C=O) groups is 1. The van der Waals surface area contributed by atoms with Crippen molar-refractivity contribution in [3.05, 3.63) is 0 Å². The van der Waals surface area contributed by atoms with Crippen molar-refractivity contribution in [2.45, 2.75) is 71.1 Å². The van der Waals surface area contributed by atoms with E-state index >= 15 is 0 Å². The maximum atomic E-state index is 11.7. The Hall–Kier alpha value is -0.610. The van der Waals surface area contributed by atoms with E-state index in [9.17, 15) is 4.79 Å². The lowest BCUT2D eigenvalue weighted by Crippen LogP contribution is -2.58. The summed E-state index contributed by atoms with van der Waals surface area (Å²) in [5, 5.41) is 0. The van der Waals surface area contributed by atoms with Gasteiger partial charge in [0, 0.05) is 0 Å². The van der Waals surface area contributed by atoms with E-state index in [1.165, 1.54) is 0 Å². The van der Waals surface area contributed by atoms with Crippen LogP contribution in [0.1, 0.15) is 59.8 Å². The van der Waals surface area contributed by atoms with E-state index in [0.717, 1.165) is 25.7 Å². The molecule has 0 aliphatic carbocycles. The minimum Gasteiger partial charge on any atom is -0.458 e. The highest BCUT2D eigenvalue weighted by Crippen LogP contribution is 2.15. The molecule has 96 valence electrons. The van der Waals surface area contributed by atoms with Crippen LogP contribution < -0.4 is 11.5 Å². The summed E-state index contributed by atoms with van der Waals surface area (Å²) in [4.78, 5) is 11.7. The molecule has 0 aliphatic rings. The van der Waals surface area contributed by atoms with Gasteiger partial charge in [-0.15, -0.1) is 0 Å². The molecular weight excluding hydrogens is 204 g/mol. The van der Waals surface area contributed by atoms with E-state index in [-0.39, 0.29) is 0 Å². The van der Waals surface area contributed by atoms with Crippen LogP contribution in [0.5, 0.6) is 0 Å². The van der Waals surface area contributed by atoms with Gasteiger partial charge in [-0.2, -0.15) is 0 Å². The predicted octanol–water partition coefficient (Wildman–Crippen LogP) is 1.91. The number of nitrogens with two attached hydrogens (primary N) is 2. The molecule has 4 heteroatoms. The molecule has 0 bridgehead atoms. The minimum absolute atomic E-state index is 0.474. The molecule has 0 spiro atoms. The largest absolute Gasteiger partial charge is 0.458 e. The summed E-state index contributed by atoms with van der Waals surface area (Å²) in [6.45, 7) is 7.54. The molecule has 0 aromatic heterocycles. The van der Waals surface area contributed by atoms with Crippen molar-refractivity contribution < 1.29 is 9.53 Å². The van der Waals surface area contributed by atoms with E-state index in [4.69, 9.17) is 16.2 Å². The van der Waals surface area contributed by atoms with Gasteiger partial charge >= 0.3 is 5.97 Å². The Balaban J connectivity index is 4.06. The Labute approximate surface area is 98.7 Å². The molecule has 0 aromatic rings. The lowest BCUT2D eigenvalue weighted by Gasteiger charge is -2.28. The molecule has 0 saturated carbocycles. The Kier molecular flexibility index (Phi) is 5.97. The molecule has 0 atom stereocenters. The maximum Gasteiger partial charge on any atom is 0.341 e. The van der Waals surface area contributed by atoms with Gasteiger partial charge in [-0.1, -0.05) is 26.2 Å². The summed E-state index contributed by atoms with van der Waals surface area (Å²) in [6.07, 6.45) is 4.68. The number of rotatable bonds is 6. The Morgan fingerprint density at radius 1 is 1.12 bits per heavy atom. The van der Waals surface area contributed by atoms with Crippen molar-refractivity contribution in [3.63, 3.8) is 0 Å². The van der Waals surface area contributed by atoms with Crippen LogP contribution in [0.3, 0.4) is 0 Å². The first-order chi connectivity index (χ1) is 7.19. The molecule has 0 unspecified atom stereocenters. The smallest absolute Gasteiger partial charge is 0.341 e. The zero-order chi connectivity index (χ0) is 12.8. The number of hydrogen-bond donors (Lipinski definition) is 2. The summed E-state index contributed by atoms with van der Waals surface area (Å²) < 4.78 is 5.17. The first-order valence-electron chi connectivity index (χ1n) is 6.00. The fourth-order valence-corrected chi connectivity index (χ4v) is 1.32. The van der Waals surface area contributed by atoms with Crippen molar-refractivity contribution in [3.8, 4) is 0 Å². The standard InChI is InChI=1S/C12H26N2O2/c1-5-6-7-8-9-12(13,14)10(15)16-11(2,3)4/h5-9,13-14H2,1-4H3. The molecule has 0 amide bonds. The zero-order valence-corrected chi connectivity index (χ0v) is 11.0. The topological polar surface area (TPSA) is 78.3 Å². The minimum atomic E-state index is -1.35. The lowest BCUT2D eigenvalue weighted by atomic mass is 10.0. The molecule has 4 nitrogen and oxygen atoms in total. The van der Waals surface area contributed by atoms with Gasteiger partial charge in [-0.05, 0) is 33.6 Å². The fourth-order valence-electron chi connectivity index (χ4n) is 1.32. The average Bonchev–Trinajstić information content (AvgIpc) is 2.09. The van der Waals surface area contributed by atoms with E-state index in [1.807, 2.05) is 0 Å². The highest BCUT2D eigenvalue weighted by molar-refractivity contribution is 5.79. The summed E-state index contributed by atoms with van der Waals surface area (Å²) in [5.41, 5.74) is 9.62. The number of carbonyl (C=O) groups excluding carboxylic acids is 1. The molecule has 0 radical (unpaired) electrons. The number of hydrogen-bond acceptors (Lipinski definition) is 4. The van der Waals surface area contributed by atoms with Gasteiger partial charge in [-0.3, -0.25) is 0 Å². The van der Waals surface area contributed by atoms with Crippen LogP contribution in [-0.4, -0.2) is 17.2 Å². The van der Waals surface area contributed by atoms with Gasteiger partial charge in [-0.25, -0.2) is 4.79 Å². The molecule has 0 aromatic carbocycles. The average molecular weight is 230 g/mol. The van der Waals surface area contributed by atoms with Crippen LogP contribution in [0.4, 0.5) is 0 Å². The zero-order valence-electron chi connectivity index (χ0n) is 11.0. The normalized spacial score (nSPS) is 12.6. The molecule has 0 fully saturated rings. The van der Waals surface area contributed by atoms with Crippen LogP contribution in [0.15, 0.2) is 0 Å². The van der Waals surface area contributed by atoms with E-state index in [1.54, 1.807) is 20.8 Å². The molecule has 0 rings (SSSR count). The molecule has 0 heterocycles. The first kappa shape index (κ1) is 15.4. The third kappa shape index (κ3) is 6.80.